The van der Waals surface area contributed by atoms with Gasteiger partial charge in [0.15, 0.2) is 0 Å². The van der Waals surface area contributed by atoms with E-state index in [0.29, 0.717) is 12.2 Å². The highest BCUT2D eigenvalue weighted by molar-refractivity contribution is 5.90. The second-order valence-electron chi connectivity index (χ2n) is 7.23. The minimum atomic E-state index is -0.892. The first-order valence-corrected chi connectivity index (χ1v) is 8.40. The van der Waals surface area contributed by atoms with E-state index in [1.807, 2.05) is 0 Å². The fourth-order valence-corrected chi connectivity index (χ4v) is 3.25. The van der Waals surface area contributed by atoms with Gasteiger partial charge in [-0.15, -0.1) is 0 Å². The number of cyclic esters (lactones) is 1. The molecule has 0 aromatic carbocycles. The summed E-state index contributed by atoms with van der Waals surface area (Å²) in [4.78, 5) is 12.2. The average molecular weight is 316 g/mol. The second kappa shape index (κ2) is 7.31. The molecule has 3 heteroatoms. The quantitative estimate of drug-likeness (QED) is 0.474. The van der Waals surface area contributed by atoms with Crippen molar-refractivity contribution in [3.8, 4) is 0 Å². The van der Waals surface area contributed by atoms with Crippen LogP contribution < -0.4 is 0 Å². The van der Waals surface area contributed by atoms with E-state index in [0.717, 1.165) is 25.7 Å². The van der Waals surface area contributed by atoms with Crippen molar-refractivity contribution in [2.24, 2.45) is 11.8 Å². The van der Waals surface area contributed by atoms with Crippen LogP contribution in [0.5, 0.6) is 0 Å². The first-order chi connectivity index (χ1) is 10.8. The van der Waals surface area contributed by atoms with Crippen LogP contribution in [0.3, 0.4) is 0 Å². The van der Waals surface area contributed by atoms with E-state index in [9.17, 15) is 9.90 Å². The molecule has 0 unspecified atom stereocenters. The van der Waals surface area contributed by atoms with E-state index in [4.69, 9.17) is 4.74 Å². The molecule has 1 fully saturated rings. The van der Waals surface area contributed by atoms with Gasteiger partial charge in [-0.25, -0.2) is 4.79 Å². The maximum Gasteiger partial charge on any atom is 0.334 e. The molecule has 2 atom stereocenters. The summed E-state index contributed by atoms with van der Waals surface area (Å²) in [7, 11) is 0. The van der Waals surface area contributed by atoms with E-state index in [1.165, 1.54) is 11.1 Å². The monoisotopic (exact) mass is 316 g/mol. The minimum Gasteiger partial charge on any atom is -0.462 e. The highest BCUT2D eigenvalue weighted by Crippen LogP contribution is 2.38. The van der Waals surface area contributed by atoms with E-state index in [-0.39, 0.29) is 17.8 Å². The number of aliphatic hydroxyl groups is 1. The molecule has 2 rings (SSSR count). The molecule has 1 aliphatic carbocycles. The maximum absolute atomic E-state index is 12.2. The number of rotatable bonds is 2. The molecule has 0 saturated carbocycles. The van der Waals surface area contributed by atoms with Gasteiger partial charge in [-0.1, -0.05) is 42.0 Å². The molecule has 3 nitrogen and oxygen atoms in total. The smallest absolute Gasteiger partial charge is 0.334 e. The molecule has 0 spiro atoms. The van der Waals surface area contributed by atoms with Gasteiger partial charge < -0.3 is 9.84 Å². The van der Waals surface area contributed by atoms with Gasteiger partial charge in [-0.05, 0) is 46.5 Å². The van der Waals surface area contributed by atoms with Crippen molar-refractivity contribution in [2.75, 3.05) is 6.61 Å². The lowest BCUT2D eigenvalue weighted by Crippen LogP contribution is -2.34. The van der Waals surface area contributed by atoms with E-state index < -0.39 is 5.60 Å². The van der Waals surface area contributed by atoms with Gasteiger partial charge in [0, 0.05) is 17.4 Å². The molecular weight excluding hydrogens is 288 g/mol. The molecule has 23 heavy (non-hydrogen) atoms. The second-order valence-corrected chi connectivity index (χ2v) is 7.23. The van der Waals surface area contributed by atoms with Crippen molar-refractivity contribution in [1.82, 2.24) is 0 Å². The zero-order valence-electron chi connectivity index (χ0n) is 14.5. The van der Waals surface area contributed by atoms with Gasteiger partial charge in [0.1, 0.15) is 0 Å². The minimum absolute atomic E-state index is 0.150. The Morgan fingerprint density at radius 1 is 1.35 bits per heavy atom. The fraction of sp³-hybridized carbons (Fsp3) is 0.550. The fourth-order valence-electron chi connectivity index (χ4n) is 3.25. The molecular formula is C20H28O3. The molecule has 0 aromatic heterocycles. The number of ether oxygens (including phenoxy) is 1. The molecule has 0 bridgehead atoms. The standard InChI is InChI=1S/C20H28O3/c1-14-7-5-8-15(2)18-13-23-19(21)17(16(18)11-10-14)9-6-12-20(3,4)22/h6-7,9,12,16,18,22H,2,5,8,10-11,13H2,1,3-4H3/t16-,18+/m1/s1. The lowest BCUT2D eigenvalue weighted by molar-refractivity contribution is -0.144. The summed E-state index contributed by atoms with van der Waals surface area (Å²) in [5.41, 5.74) is 2.36. The summed E-state index contributed by atoms with van der Waals surface area (Å²) >= 11 is 0. The van der Waals surface area contributed by atoms with Crippen LogP contribution >= 0.6 is 0 Å². The summed E-state index contributed by atoms with van der Waals surface area (Å²) in [5, 5.41) is 9.79. The van der Waals surface area contributed by atoms with Crippen LogP contribution in [0.4, 0.5) is 0 Å². The Kier molecular flexibility index (Phi) is 5.64. The topological polar surface area (TPSA) is 46.5 Å². The van der Waals surface area contributed by atoms with Crippen molar-refractivity contribution in [1.29, 1.82) is 0 Å². The average Bonchev–Trinajstić information content (AvgIpc) is 2.51. The third-order valence-corrected chi connectivity index (χ3v) is 4.63. The van der Waals surface area contributed by atoms with Gasteiger partial charge in [0.05, 0.1) is 12.2 Å². The van der Waals surface area contributed by atoms with Crippen LogP contribution in [-0.4, -0.2) is 23.3 Å². The lowest BCUT2D eigenvalue weighted by atomic mass is 9.76. The van der Waals surface area contributed by atoms with E-state index in [2.05, 4.69) is 19.6 Å². The molecule has 0 aromatic rings. The van der Waals surface area contributed by atoms with Crippen LogP contribution in [-0.2, 0) is 9.53 Å². The third kappa shape index (κ3) is 4.93. The van der Waals surface area contributed by atoms with Crippen molar-refractivity contribution in [2.45, 2.75) is 52.1 Å². The molecule has 1 heterocycles. The maximum atomic E-state index is 12.2. The number of hydrogen-bond acceptors (Lipinski definition) is 3. The first kappa shape index (κ1) is 17.7. The molecule has 0 radical (unpaired) electrons. The highest BCUT2D eigenvalue weighted by atomic mass is 16.5. The molecule has 1 N–H and O–H groups in total. The number of hydrogen-bond donors (Lipinski definition) is 1. The van der Waals surface area contributed by atoms with Crippen LogP contribution in [0.1, 0.15) is 46.5 Å². The van der Waals surface area contributed by atoms with Crippen LogP contribution in [0, 0.1) is 11.8 Å². The zero-order valence-corrected chi connectivity index (χ0v) is 14.5. The summed E-state index contributed by atoms with van der Waals surface area (Å²) in [6, 6.07) is 0. The summed E-state index contributed by atoms with van der Waals surface area (Å²) in [6.45, 7) is 10.2. The van der Waals surface area contributed by atoms with Gasteiger partial charge >= 0.3 is 5.97 Å². The van der Waals surface area contributed by atoms with Gasteiger partial charge in [0.2, 0.25) is 0 Å². The Hall–Kier alpha value is -1.61. The molecule has 2 aliphatic rings. The van der Waals surface area contributed by atoms with Crippen LogP contribution in [0.15, 0.2) is 47.6 Å². The summed E-state index contributed by atoms with van der Waals surface area (Å²) in [6.07, 6.45) is 11.4. The van der Waals surface area contributed by atoms with E-state index in [1.54, 1.807) is 32.1 Å². The Bertz CT molecular complexity index is 558. The summed E-state index contributed by atoms with van der Waals surface area (Å²) in [5.74, 6) is 0.116. The number of allylic oxidation sites excluding steroid dienone is 4. The Morgan fingerprint density at radius 3 is 2.78 bits per heavy atom. The number of esters is 1. The third-order valence-electron chi connectivity index (χ3n) is 4.63. The molecule has 126 valence electrons. The first-order valence-electron chi connectivity index (χ1n) is 8.40. The van der Waals surface area contributed by atoms with Gasteiger partial charge in [0.25, 0.3) is 0 Å². The Morgan fingerprint density at radius 2 is 2.09 bits per heavy atom. The van der Waals surface area contributed by atoms with Crippen molar-refractivity contribution < 1.29 is 14.6 Å². The predicted molar refractivity (Wildman–Crippen MR) is 92.8 cm³/mol. The van der Waals surface area contributed by atoms with Crippen LogP contribution in [0.2, 0.25) is 0 Å². The lowest BCUT2D eigenvalue weighted by Gasteiger charge is -2.34. The van der Waals surface area contributed by atoms with Crippen molar-refractivity contribution in [3.05, 3.63) is 47.6 Å². The number of fused-ring (bicyclic) bond motifs is 1. The summed E-state index contributed by atoms with van der Waals surface area (Å²) < 4.78 is 5.40. The zero-order chi connectivity index (χ0) is 17.0. The van der Waals surface area contributed by atoms with E-state index >= 15 is 0 Å². The molecule has 1 saturated heterocycles. The molecule has 1 aliphatic heterocycles. The Balaban J connectivity index is 2.29. The van der Waals surface area contributed by atoms with Crippen molar-refractivity contribution in [3.63, 3.8) is 0 Å². The highest BCUT2D eigenvalue weighted by Gasteiger charge is 2.36. The largest absolute Gasteiger partial charge is 0.462 e. The number of carbonyl (C=O) groups excluding carboxylic acids is 1. The number of carbonyl (C=O) groups is 1. The van der Waals surface area contributed by atoms with Gasteiger partial charge in [-0.2, -0.15) is 0 Å². The molecule has 0 amide bonds. The SMILES string of the molecule is C=C1CCC=C(C)CC[C@@H]2C(=CC=CC(C)(C)O)C(=O)OC[C@@H]12. The van der Waals surface area contributed by atoms with Crippen LogP contribution in [0.25, 0.3) is 0 Å². The van der Waals surface area contributed by atoms with Crippen molar-refractivity contribution >= 4 is 5.97 Å². The Labute approximate surface area is 139 Å². The predicted octanol–water partition coefficient (Wildman–Crippen LogP) is 4.11. The normalized spacial score (nSPS) is 28.7. The van der Waals surface area contributed by atoms with Gasteiger partial charge in [-0.3, -0.25) is 0 Å².